The van der Waals surface area contributed by atoms with Gasteiger partial charge in [-0.3, -0.25) is 4.79 Å². The van der Waals surface area contributed by atoms with Crippen LogP contribution in [0.1, 0.15) is 30.2 Å². The summed E-state index contributed by atoms with van der Waals surface area (Å²) in [6.07, 6.45) is -1.83. The van der Waals surface area contributed by atoms with Gasteiger partial charge in [0.05, 0.1) is 16.8 Å². The number of carboxylic acids is 1. The quantitative estimate of drug-likeness (QED) is 0.759. The zero-order valence-electron chi connectivity index (χ0n) is 13.8. The van der Waals surface area contributed by atoms with E-state index in [-0.39, 0.29) is 16.6 Å². The maximum atomic E-state index is 13.6. The van der Waals surface area contributed by atoms with E-state index >= 15 is 0 Å². The molecule has 0 fully saturated rings. The minimum Gasteiger partial charge on any atom is -0.480 e. The molecule has 0 atom stereocenters. The van der Waals surface area contributed by atoms with Gasteiger partial charge in [-0.2, -0.15) is 5.10 Å². The van der Waals surface area contributed by atoms with Crippen LogP contribution in [0.4, 0.5) is 8.78 Å². The minimum absolute atomic E-state index is 0.160. The first-order valence-electron chi connectivity index (χ1n) is 7.88. The lowest BCUT2D eigenvalue weighted by atomic mass is 10.0. The zero-order chi connectivity index (χ0) is 18.1. The highest BCUT2D eigenvalue weighted by molar-refractivity contribution is 5.86. The molecule has 1 aromatic carbocycles. The van der Waals surface area contributed by atoms with Gasteiger partial charge in [0.2, 0.25) is 0 Å². The molecule has 3 aromatic rings. The van der Waals surface area contributed by atoms with Crippen LogP contribution in [0.15, 0.2) is 30.3 Å². The second-order valence-electron chi connectivity index (χ2n) is 5.78. The largest absolute Gasteiger partial charge is 0.480 e. The maximum absolute atomic E-state index is 13.6. The molecule has 0 saturated heterocycles. The molecular formula is C18H17F2N3O2. The second kappa shape index (κ2) is 6.58. The fourth-order valence-electron chi connectivity index (χ4n) is 2.86. The van der Waals surface area contributed by atoms with Gasteiger partial charge in [0.1, 0.15) is 6.54 Å². The molecule has 3 rings (SSSR count). The summed E-state index contributed by atoms with van der Waals surface area (Å²) >= 11 is 0. The third-order valence-electron chi connectivity index (χ3n) is 4.09. The number of alkyl halides is 2. The summed E-state index contributed by atoms with van der Waals surface area (Å²) in [5, 5.41) is 13.3. The number of nitrogens with zero attached hydrogens (tertiary/aromatic N) is 3. The van der Waals surface area contributed by atoms with E-state index in [1.54, 1.807) is 6.92 Å². The van der Waals surface area contributed by atoms with Gasteiger partial charge < -0.3 is 5.11 Å². The van der Waals surface area contributed by atoms with Crippen molar-refractivity contribution in [3.63, 3.8) is 0 Å². The van der Waals surface area contributed by atoms with Gasteiger partial charge in [-0.1, -0.05) is 31.2 Å². The number of carboxylic acid groups (broad SMARTS) is 1. The Kier molecular flexibility index (Phi) is 4.48. The van der Waals surface area contributed by atoms with Crippen LogP contribution in [0.25, 0.3) is 22.3 Å². The number of benzene rings is 1. The number of fused-ring (bicyclic) bond motifs is 1. The van der Waals surface area contributed by atoms with Crippen molar-refractivity contribution < 1.29 is 18.7 Å². The molecule has 0 aliphatic heterocycles. The molecular weight excluding hydrogens is 328 g/mol. The Hall–Kier alpha value is -2.83. The highest BCUT2D eigenvalue weighted by Gasteiger charge is 2.21. The van der Waals surface area contributed by atoms with E-state index in [1.807, 2.05) is 31.2 Å². The average Bonchev–Trinajstić information content (AvgIpc) is 2.89. The van der Waals surface area contributed by atoms with Crippen LogP contribution in [0.5, 0.6) is 0 Å². The molecule has 130 valence electrons. The van der Waals surface area contributed by atoms with Crippen molar-refractivity contribution in [2.75, 3.05) is 0 Å². The number of aromatic nitrogens is 3. The van der Waals surface area contributed by atoms with Crippen molar-refractivity contribution in [2.24, 2.45) is 0 Å². The van der Waals surface area contributed by atoms with E-state index in [0.717, 1.165) is 16.7 Å². The van der Waals surface area contributed by atoms with Gasteiger partial charge in [-0.05, 0) is 25.0 Å². The van der Waals surface area contributed by atoms with Gasteiger partial charge in [-0.25, -0.2) is 18.4 Å². The number of pyridine rings is 1. The van der Waals surface area contributed by atoms with E-state index < -0.39 is 18.9 Å². The Bertz CT molecular complexity index is 934. The molecule has 0 spiro atoms. The summed E-state index contributed by atoms with van der Waals surface area (Å²) in [5.74, 6) is -1.11. The molecule has 1 N–H and O–H groups in total. The van der Waals surface area contributed by atoms with E-state index in [0.29, 0.717) is 17.0 Å². The lowest BCUT2D eigenvalue weighted by Crippen LogP contribution is -2.11. The van der Waals surface area contributed by atoms with Gasteiger partial charge in [0, 0.05) is 11.1 Å². The van der Waals surface area contributed by atoms with Crippen LogP contribution in [-0.4, -0.2) is 25.8 Å². The highest BCUT2D eigenvalue weighted by Crippen LogP contribution is 2.33. The van der Waals surface area contributed by atoms with Crippen molar-refractivity contribution in [1.82, 2.24) is 14.8 Å². The molecule has 0 unspecified atom stereocenters. The van der Waals surface area contributed by atoms with Crippen molar-refractivity contribution in [3.8, 4) is 11.3 Å². The first kappa shape index (κ1) is 17.0. The number of hydrogen-bond acceptors (Lipinski definition) is 3. The molecule has 2 heterocycles. The Labute approximate surface area is 142 Å². The smallest absolute Gasteiger partial charge is 0.325 e. The molecule has 5 nitrogen and oxygen atoms in total. The molecule has 0 radical (unpaired) electrons. The Morgan fingerprint density at radius 1 is 1.28 bits per heavy atom. The molecule has 2 aromatic heterocycles. The minimum atomic E-state index is -2.71. The average molecular weight is 345 g/mol. The predicted octanol–water partition coefficient (Wildman–Crippen LogP) is 3.99. The van der Waals surface area contributed by atoms with Crippen LogP contribution in [0, 0.1) is 6.92 Å². The first-order chi connectivity index (χ1) is 11.9. The molecule has 0 amide bonds. The highest BCUT2D eigenvalue weighted by atomic mass is 19.3. The fourth-order valence-corrected chi connectivity index (χ4v) is 2.86. The van der Waals surface area contributed by atoms with Crippen molar-refractivity contribution in [1.29, 1.82) is 0 Å². The predicted molar refractivity (Wildman–Crippen MR) is 89.7 cm³/mol. The van der Waals surface area contributed by atoms with Crippen LogP contribution in [0.3, 0.4) is 0 Å². The van der Waals surface area contributed by atoms with E-state index in [4.69, 9.17) is 5.11 Å². The number of carbonyl (C=O) groups is 1. The SMILES string of the molecule is CCc1ccc(-c2cc(C(F)F)c3c(C)nn(CC(=O)O)c3n2)cc1. The molecule has 0 aliphatic carbocycles. The molecule has 7 heteroatoms. The number of aliphatic carboxylic acids is 1. The lowest BCUT2D eigenvalue weighted by Gasteiger charge is -2.08. The number of aryl methyl sites for hydroxylation is 2. The first-order valence-corrected chi connectivity index (χ1v) is 7.88. The zero-order valence-corrected chi connectivity index (χ0v) is 13.8. The normalized spacial score (nSPS) is 11.4. The maximum Gasteiger partial charge on any atom is 0.325 e. The summed E-state index contributed by atoms with van der Waals surface area (Å²) in [7, 11) is 0. The second-order valence-corrected chi connectivity index (χ2v) is 5.78. The van der Waals surface area contributed by atoms with Gasteiger partial charge >= 0.3 is 5.97 Å². The molecule has 0 aliphatic rings. The standard InChI is InChI=1S/C18H17F2N3O2/c1-3-11-4-6-12(7-5-11)14-8-13(17(19)20)16-10(2)22-23(9-15(24)25)18(16)21-14/h4-8,17H,3,9H2,1-2H3,(H,24,25). The topological polar surface area (TPSA) is 68.0 Å². The van der Waals surface area contributed by atoms with Crippen molar-refractivity contribution in [3.05, 3.63) is 47.2 Å². The Morgan fingerprint density at radius 2 is 1.96 bits per heavy atom. The van der Waals surface area contributed by atoms with Crippen molar-refractivity contribution in [2.45, 2.75) is 33.2 Å². The molecule has 0 bridgehead atoms. The van der Waals surface area contributed by atoms with Gasteiger partial charge in [0.15, 0.2) is 5.65 Å². The van der Waals surface area contributed by atoms with E-state index in [2.05, 4.69) is 10.1 Å². The Morgan fingerprint density at radius 3 is 2.52 bits per heavy atom. The number of hydrogen-bond donors (Lipinski definition) is 1. The molecule has 0 saturated carbocycles. The third-order valence-corrected chi connectivity index (χ3v) is 4.09. The molecule has 25 heavy (non-hydrogen) atoms. The van der Waals surface area contributed by atoms with Crippen LogP contribution >= 0.6 is 0 Å². The third kappa shape index (κ3) is 3.22. The summed E-state index contributed by atoms with van der Waals surface area (Å²) in [6.45, 7) is 3.17. The summed E-state index contributed by atoms with van der Waals surface area (Å²) < 4.78 is 28.3. The van der Waals surface area contributed by atoms with Crippen molar-refractivity contribution >= 4 is 17.0 Å². The fraction of sp³-hybridized carbons (Fsp3) is 0.278. The van der Waals surface area contributed by atoms with Gasteiger partial charge in [-0.15, -0.1) is 0 Å². The van der Waals surface area contributed by atoms with Crippen LogP contribution in [-0.2, 0) is 17.8 Å². The summed E-state index contributed by atoms with van der Waals surface area (Å²) in [5.41, 5.74) is 2.51. The summed E-state index contributed by atoms with van der Waals surface area (Å²) in [4.78, 5) is 15.5. The van der Waals surface area contributed by atoms with E-state index in [1.165, 1.54) is 6.07 Å². The number of halogens is 2. The van der Waals surface area contributed by atoms with Crippen LogP contribution in [0.2, 0.25) is 0 Å². The summed E-state index contributed by atoms with van der Waals surface area (Å²) in [6, 6.07) is 8.85. The Balaban J connectivity index is 2.24. The van der Waals surface area contributed by atoms with Crippen LogP contribution < -0.4 is 0 Å². The van der Waals surface area contributed by atoms with Gasteiger partial charge in [0.25, 0.3) is 6.43 Å². The number of rotatable bonds is 5. The van der Waals surface area contributed by atoms with E-state index in [9.17, 15) is 13.6 Å². The monoisotopic (exact) mass is 345 g/mol. The lowest BCUT2D eigenvalue weighted by molar-refractivity contribution is -0.137.